The van der Waals surface area contributed by atoms with Gasteiger partial charge >= 0.3 is 5.97 Å². The largest absolute Gasteiger partial charge is 0.465 e. The summed E-state index contributed by atoms with van der Waals surface area (Å²) in [6, 6.07) is 17.0. The summed E-state index contributed by atoms with van der Waals surface area (Å²) in [5.74, 6) is -1.64. The summed E-state index contributed by atoms with van der Waals surface area (Å²) in [7, 11) is 1.34. The molecular formula is C32H34N2O5S2. The van der Waals surface area contributed by atoms with Gasteiger partial charge in [-0.2, -0.15) is 0 Å². The van der Waals surface area contributed by atoms with Crippen molar-refractivity contribution in [2.75, 3.05) is 23.3 Å². The van der Waals surface area contributed by atoms with Gasteiger partial charge in [-0.3, -0.25) is 14.4 Å². The number of hydroxylamine groups is 1. The Morgan fingerprint density at radius 3 is 2.39 bits per heavy atom. The van der Waals surface area contributed by atoms with Crippen molar-refractivity contribution in [3.8, 4) is 0 Å². The molecule has 2 aromatic carbocycles. The van der Waals surface area contributed by atoms with Gasteiger partial charge in [-0.15, -0.1) is 23.1 Å². The molecule has 214 valence electrons. The van der Waals surface area contributed by atoms with Crippen LogP contribution in [0.15, 0.2) is 59.5 Å². The number of rotatable bonds is 5. The molecule has 3 aromatic rings. The molecule has 3 heterocycles. The van der Waals surface area contributed by atoms with Crippen molar-refractivity contribution in [2.45, 2.75) is 57.1 Å². The number of benzene rings is 2. The van der Waals surface area contributed by atoms with Gasteiger partial charge in [-0.25, -0.2) is 14.8 Å². The lowest BCUT2D eigenvalue weighted by molar-refractivity contribution is -0.126. The quantitative estimate of drug-likeness (QED) is 0.192. The molecule has 4 atom stereocenters. The van der Waals surface area contributed by atoms with Crippen LogP contribution in [0, 0.1) is 17.3 Å². The number of thiophene rings is 1. The second-order valence-electron chi connectivity index (χ2n) is 11.9. The molecule has 0 bridgehead atoms. The zero-order valence-electron chi connectivity index (χ0n) is 23.9. The van der Waals surface area contributed by atoms with E-state index in [1.54, 1.807) is 16.8 Å². The van der Waals surface area contributed by atoms with Gasteiger partial charge in [0.1, 0.15) is 10.9 Å². The van der Waals surface area contributed by atoms with E-state index in [0.717, 1.165) is 39.4 Å². The molecule has 1 aromatic heterocycles. The Labute approximate surface area is 248 Å². The molecule has 0 N–H and O–H groups in total. The first-order valence-corrected chi connectivity index (χ1v) is 15.9. The van der Waals surface area contributed by atoms with E-state index in [-0.39, 0.29) is 11.3 Å². The molecule has 0 saturated carbocycles. The number of esters is 1. The molecular weight excluding hydrogens is 556 g/mol. The SMILES string of the molecule is COC(=O)c1c(N2C(=O)[C@@H]3[C@H](ON(c4ccccc4)[C@H]3c3ccc(SC)cc3)C2=O)sc2c1CC[C@H](C(C)(C)C)C2. The molecule has 0 radical (unpaired) electrons. The third-order valence-electron chi connectivity index (χ3n) is 8.65. The van der Waals surface area contributed by atoms with Crippen molar-refractivity contribution in [3.05, 3.63) is 76.2 Å². The number of hydrogen-bond donors (Lipinski definition) is 0. The van der Waals surface area contributed by atoms with Crippen molar-refractivity contribution < 1.29 is 24.0 Å². The van der Waals surface area contributed by atoms with Crippen LogP contribution >= 0.6 is 23.1 Å². The van der Waals surface area contributed by atoms with Crippen LogP contribution in [0.4, 0.5) is 10.7 Å². The molecule has 2 fully saturated rings. The van der Waals surface area contributed by atoms with Gasteiger partial charge in [0.15, 0.2) is 6.10 Å². The Bertz CT molecular complexity index is 1490. The molecule has 41 heavy (non-hydrogen) atoms. The van der Waals surface area contributed by atoms with Crippen molar-refractivity contribution in [1.82, 2.24) is 0 Å². The summed E-state index contributed by atoms with van der Waals surface area (Å²) in [5.41, 5.74) is 3.02. The summed E-state index contributed by atoms with van der Waals surface area (Å²) in [4.78, 5) is 51.2. The molecule has 3 aliphatic rings. The first kappa shape index (κ1) is 28.0. The molecule has 2 amide bonds. The summed E-state index contributed by atoms with van der Waals surface area (Å²) in [6.45, 7) is 6.69. The molecule has 6 rings (SSSR count). The third-order valence-corrected chi connectivity index (χ3v) is 10.6. The van der Waals surface area contributed by atoms with Crippen molar-refractivity contribution in [2.24, 2.45) is 17.3 Å². The van der Waals surface area contributed by atoms with Crippen LogP contribution < -0.4 is 9.96 Å². The molecule has 9 heteroatoms. The summed E-state index contributed by atoms with van der Waals surface area (Å²) in [5, 5.41) is 2.07. The second kappa shape index (κ2) is 10.6. The van der Waals surface area contributed by atoms with Crippen LogP contribution in [0.2, 0.25) is 0 Å². The fourth-order valence-corrected chi connectivity index (χ4v) is 8.17. The van der Waals surface area contributed by atoms with Gasteiger partial charge in [0, 0.05) is 9.77 Å². The number of methoxy groups -OCH3 is 1. The van der Waals surface area contributed by atoms with Gasteiger partial charge in [0.05, 0.1) is 24.4 Å². The fraction of sp³-hybridized carbons (Fsp3) is 0.406. The van der Waals surface area contributed by atoms with E-state index in [0.29, 0.717) is 22.9 Å². The number of thioether (sulfide) groups is 1. The first-order chi connectivity index (χ1) is 19.6. The van der Waals surface area contributed by atoms with E-state index in [2.05, 4.69) is 20.8 Å². The van der Waals surface area contributed by atoms with Gasteiger partial charge < -0.3 is 4.74 Å². The predicted molar refractivity (Wildman–Crippen MR) is 161 cm³/mol. The molecule has 0 spiro atoms. The van der Waals surface area contributed by atoms with E-state index >= 15 is 0 Å². The lowest BCUT2D eigenvalue weighted by Gasteiger charge is -2.33. The van der Waals surface area contributed by atoms with E-state index < -0.39 is 29.9 Å². The first-order valence-electron chi connectivity index (χ1n) is 13.9. The second-order valence-corrected chi connectivity index (χ2v) is 13.9. The minimum atomic E-state index is -1.00. The normalized spacial score (nSPS) is 24.0. The van der Waals surface area contributed by atoms with Gasteiger partial charge in [-0.1, -0.05) is 51.1 Å². The number of imide groups is 1. The van der Waals surface area contributed by atoms with Crippen molar-refractivity contribution in [3.63, 3.8) is 0 Å². The van der Waals surface area contributed by atoms with Crippen LogP contribution in [0.3, 0.4) is 0 Å². The van der Waals surface area contributed by atoms with E-state index in [1.807, 2.05) is 60.9 Å². The highest BCUT2D eigenvalue weighted by Crippen LogP contribution is 2.51. The average Bonchev–Trinajstić information content (AvgIpc) is 3.62. The fourth-order valence-electron chi connectivity index (χ4n) is 6.33. The van der Waals surface area contributed by atoms with Gasteiger partial charge in [0.25, 0.3) is 5.91 Å². The Morgan fingerprint density at radius 2 is 1.76 bits per heavy atom. The highest BCUT2D eigenvalue weighted by Gasteiger charge is 2.61. The number of para-hydroxylation sites is 1. The zero-order chi connectivity index (χ0) is 29.1. The number of ether oxygens (including phenoxy) is 1. The highest BCUT2D eigenvalue weighted by atomic mass is 32.2. The Morgan fingerprint density at radius 1 is 1.05 bits per heavy atom. The average molecular weight is 591 g/mol. The van der Waals surface area contributed by atoms with Crippen LogP contribution in [-0.4, -0.2) is 37.3 Å². The number of nitrogens with zero attached hydrogens (tertiary/aromatic N) is 2. The number of hydrogen-bond acceptors (Lipinski definition) is 8. The van der Waals surface area contributed by atoms with E-state index in [4.69, 9.17) is 9.57 Å². The highest BCUT2D eigenvalue weighted by molar-refractivity contribution is 7.98. The zero-order valence-corrected chi connectivity index (χ0v) is 25.5. The van der Waals surface area contributed by atoms with E-state index in [1.165, 1.54) is 23.3 Å². The lowest BCUT2D eigenvalue weighted by atomic mass is 9.72. The summed E-state index contributed by atoms with van der Waals surface area (Å²) >= 11 is 3.02. The maximum Gasteiger partial charge on any atom is 0.341 e. The maximum atomic E-state index is 14.3. The Kier molecular flexibility index (Phi) is 7.24. The molecule has 0 unspecified atom stereocenters. The van der Waals surface area contributed by atoms with Crippen molar-refractivity contribution in [1.29, 1.82) is 0 Å². The minimum Gasteiger partial charge on any atom is -0.465 e. The molecule has 2 saturated heterocycles. The number of carbonyl (C=O) groups excluding carboxylic acids is 3. The smallest absolute Gasteiger partial charge is 0.341 e. The Balaban J connectivity index is 1.42. The molecule has 2 aliphatic heterocycles. The number of fused-ring (bicyclic) bond motifs is 2. The van der Waals surface area contributed by atoms with E-state index in [9.17, 15) is 14.4 Å². The minimum absolute atomic E-state index is 0.109. The standard InChI is InChI=1S/C32H34N2O5S2/c1-32(2,3)19-13-16-22-23(17-19)41-30(24(22)31(37)38-4)33-28(35)25-26(18-11-14-21(40-5)15-12-18)34(39-27(25)29(33)36)20-9-7-6-8-10-20/h6-12,14-15,19,25-27H,13,16-17H2,1-5H3/t19-,25-,26-,27-/m0/s1. The Hall–Kier alpha value is -3.14. The summed E-state index contributed by atoms with van der Waals surface area (Å²) < 4.78 is 5.18. The number of carbonyl (C=O) groups is 3. The van der Waals surface area contributed by atoms with Crippen molar-refractivity contribution >= 4 is 51.6 Å². The maximum absolute atomic E-state index is 14.3. The van der Waals surface area contributed by atoms with Crippen LogP contribution in [0.1, 0.15) is 59.6 Å². The monoisotopic (exact) mass is 590 g/mol. The van der Waals surface area contributed by atoms with Crippen LogP contribution in [-0.2, 0) is 32.0 Å². The molecule has 1 aliphatic carbocycles. The number of anilines is 2. The predicted octanol–water partition coefficient (Wildman–Crippen LogP) is 6.46. The lowest BCUT2D eigenvalue weighted by Crippen LogP contribution is -2.37. The summed E-state index contributed by atoms with van der Waals surface area (Å²) in [6.07, 6.45) is 3.47. The van der Waals surface area contributed by atoms with Gasteiger partial charge in [0.2, 0.25) is 5.91 Å². The third kappa shape index (κ3) is 4.68. The topological polar surface area (TPSA) is 76.2 Å². The number of amides is 2. The van der Waals surface area contributed by atoms with Crippen LogP contribution in [0.25, 0.3) is 0 Å². The molecule has 7 nitrogen and oxygen atoms in total. The van der Waals surface area contributed by atoms with Crippen LogP contribution in [0.5, 0.6) is 0 Å². The van der Waals surface area contributed by atoms with Gasteiger partial charge in [-0.05, 0) is 72.2 Å².